The topological polar surface area (TPSA) is 58.6 Å². The van der Waals surface area contributed by atoms with Gasteiger partial charge in [-0.25, -0.2) is 9.97 Å². The second kappa shape index (κ2) is 6.07. The van der Waals surface area contributed by atoms with Gasteiger partial charge in [-0.1, -0.05) is 0 Å². The lowest BCUT2D eigenvalue weighted by atomic mass is 9.88. The summed E-state index contributed by atoms with van der Waals surface area (Å²) in [5.41, 5.74) is -0.106. The van der Waals surface area contributed by atoms with E-state index in [2.05, 4.69) is 14.9 Å². The van der Waals surface area contributed by atoms with Crippen molar-refractivity contribution in [1.82, 2.24) is 14.9 Å². The molecule has 6 nitrogen and oxygen atoms in total. The zero-order valence-electron chi connectivity index (χ0n) is 13.5. The summed E-state index contributed by atoms with van der Waals surface area (Å²) >= 11 is 0. The van der Waals surface area contributed by atoms with E-state index in [9.17, 15) is 4.79 Å². The molecular weight excluding hydrogens is 292 g/mol. The zero-order valence-corrected chi connectivity index (χ0v) is 13.5. The van der Waals surface area contributed by atoms with E-state index in [0.717, 1.165) is 70.7 Å². The Morgan fingerprint density at radius 1 is 1.09 bits per heavy atom. The van der Waals surface area contributed by atoms with Crippen LogP contribution in [0.2, 0.25) is 0 Å². The highest BCUT2D eigenvalue weighted by Crippen LogP contribution is 2.40. The van der Waals surface area contributed by atoms with Crippen molar-refractivity contribution in [2.45, 2.75) is 50.2 Å². The van der Waals surface area contributed by atoms with Crippen LogP contribution in [0.4, 0.5) is 5.95 Å². The van der Waals surface area contributed by atoms with Crippen LogP contribution in [0.3, 0.4) is 0 Å². The molecule has 1 unspecified atom stereocenters. The van der Waals surface area contributed by atoms with Crippen LogP contribution >= 0.6 is 0 Å². The summed E-state index contributed by atoms with van der Waals surface area (Å²) in [6.45, 7) is 3.61. The van der Waals surface area contributed by atoms with Gasteiger partial charge in [0, 0.05) is 38.6 Å². The number of hydrogen-bond donors (Lipinski definition) is 0. The van der Waals surface area contributed by atoms with Gasteiger partial charge in [-0.15, -0.1) is 0 Å². The molecule has 6 heteroatoms. The minimum atomic E-state index is -0.215. The molecule has 1 aromatic heterocycles. The predicted molar refractivity (Wildman–Crippen MR) is 86.1 cm³/mol. The maximum atomic E-state index is 12.5. The first kappa shape index (κ1) is 14.9. The van der Waals surface area contributed by atoms with Crippen molar-refractivity contribution >= 4 is 11.9 Å². The first-order valence-corrected chi connectivity index (χ1v) is 8.74. The Hall–Kier alpha value is -1.69. The molecule has 0 saturated carbocycles. The van der Waals surface area contributed by atoms with E-state index in [1.165, 1.54) is 0 Å². The highest BCUT2D eigenvalue weighted by atomic mass is 16.5. The number of likely N-dealkylation sites (tertiary alicyclic amines) is 1. The lowest BCUT2D eigenvalue weighted by molar-refractivity contribution is -0.148. The average Bonchev–Trinajstić information content (AvgIpc) is 3.26. The first-order valence-electron chi connectivity index (χ1n) is 8.74. The van der Waals surface area contributed by atoms with Crippen molar-refractivity contribution in [3.8, 4) is 0 Å². The lowest BCUT2D eigenvalue weighted by Crippen LogP contribution is -2.46. The number of aromatic nitrogens is 2. The number of carbonyl (C=O) groups excluding carboxylic acids is 1. The summed E-state index contributed by atoms with van der Waals surface area (Å²) in [5.74, 6) is 1.01. The summed E-state index contributed by atoms with van der Waals surface area (Å²) < 4.78 is 6.29. The molecule has 1 spiro atoms. The largest absolute Gasteiger partial charge is 0.362 e. The van der Waals surface area contributed by atoms with E-state index in [1.54, 1.807) is 12.4 Å². The number of carbonyl (C=O) groups is 1. The van der Waals surface area contributed by atoms with Gasteiger partial charge in [-0.2, -0.15) is 0 Å². The maximum Gasteiger partial charge on any atom is 0.251 e. The molecule has 0 aromatic carbocycles. The summed E-state index contributed by atoms with van der Waals surface area (Å²) in [4.78, 5) is 25.4. The second-order valence-corrected chi connectivity index (χ2v) is 6.90. The molecule has 3 aliphatic rings. The van der Waals surface area contributed by atoms with Crippen molar-refractivity contribution in [1.29, 1.82) is 0 Å². The Bertz CT molecular complexity index is 551. The number of nitrogens with zero attached hydrogens (tertiary/aromatic N) is 4. The molecule has 3 aliphatic heterocycles. The fourth-order valence-electron chi connectivity index (χ4n) is 4.07. The fraction of sp³-hybridized carbons (Fsp3) is 0.706. The third-order valence-corrected chi connectivity index (χ3v) is 5.46. The number of hydrogen-bond acceptors (Lipinski definition) is 5. The van der Waals surface area contributed by atoms with Gasteiger partial charge in [-0.05, 0) is 44.6 Å². The van der Waals surface area contributed by atoms with E-state index < -0.39 is 0 Å². The van der Waals surface area contributed by atoms with Crippen LogP contribution < -0.4 is 4.90 Å². The molecule has 0 bridgehead atoms. The highest BCUT2D eigenvalue weighted by molar-refractivity contribution is 5.81. The Balaban J connectivity index is 1.35. The molecule has 0 radical (unpaired) electrons. The monoisotopic (exact) mass is 316 g/mol. The molecule has 3 fully saturated rings. The number of rotatable bonds is 2. The Morgan fingerprint density at radius 2 is 1.78 bits per heavy atom. The van der Waals surface area contributed by atoms with Crippen LogP contribution in [0.25, 0.3) is 0 Å². The molecule has 1 atom stereocenters. The lowest BCUT2D eigenvalue weighted by Gasteiger charge is -2.39. The average molecular weight is 316 g/mol. The smallest absolute Gasteiger partial charge is 0.251 e. The third-order valence-electron chi connectivity index (χ3n) is 5.46. The van der Waals surface area contributed by atoms with Crippen LogP contribution in [0.1, 0.15) is 38.5 Å². The molecule has 0 N–H and O–H groups in total. The molecule has 124 valence electrons. The van der Waals surface area contributed by atoms with E-state index in [-0.39, 0.29) is 17.6 Å². The SMILES string of the molecule is O=C(C1CCC2(CCN(c3ncccn3)CC2)O1)N1CCCC1. The summed E-state index contributed by atoms with van der Waals surface area (Å²) in [7, 11) is 0. The first-order chi connectivity index (χ1) is 11.3. The number of piperidine rings is 1. The Kier molecular flexibility index (Phi) is 3.93. The van der Waals surface area contributed by atoms with E-state index >= 15 is 0 Å². The molecule has 23 heavy (non-hydrogen) atoms. The quantitative estimate of drug-likeness (QED) is 0.830. The molecule has 4 rings (SSSR count). The standard InChI is InChI=1S/C17H24N4O2/c22-15(20-10-1-2-11-20)14-4-5-17(23-14)6-12-21(13-7-17)16-18-8-3-9-19-16/h3,8-9,14H,1-2,4-7,10-13H2. The zero-order chi connectivity index (χ0) is 15.7. The van der Waals surface area contributed by atoms with E-state index in [0.29, 0.717) is 0 Å². The number of anilines is 1. The van der Waals surface area contributed by atoms with Crippen LogP contribution in [0.15, 0.2) is 18.5 Å². The van der Waals surface area contributed by atoms with Crippen molar-refractivity contribution in [3.05, 3.63) is 18.5 Å². The van der Waals surface area contributed by atoms with Gasteiger partial charge in [0.1, 0.15) is 6.10 Å². The molecular formula is C17H24N4O2. The third kappa shape index (κ3) is 2.92. The maximum absolute atomic E-state index is 12.5. The molecule has 3 saturated heterocycles. The minimum Gasteiger partial charge on any atom is -0.362 e. The molecule has 1 amide bonds. The van der Waals surface area contributed by atoms with Crippen molar-refractivity contribution in [2.24, 2.45) is 0 Å². The van der Waals surface area contributed by atoms with Crippen LogP contribution in [0.5, 0.6) is 0 Å². The summed E-state index contributed by atoms with van der Waals surface area (Å²) in [5, 5.41) is 0. The van der Waals surface area contributed by atoms with Crippen molar-refractivity contribution in [2.75, 3.05) is 31.1 Å². The second-order valence-electron chi connectivity index (χ2n) is 6.90. The molecule has 0 aliphatic carbocycles. The number of ether oxygens (including phenoxy) is 1. The highest BCUT2D eigenvalue weighted by Gasteiger charge is 2.46. The van der Waals surface area contributed by atoms with E-state index in [4.69, 9.17) is 4.74 Å². The van der Waals surface area contributed by atoms with Crippen LogP contribution in [0, 0.1) is 0 Å². The van der Waals surface area contributed by atoms with Gasteiger partial charge in [0.2, 0.25) is 5.95 Å². The van der Waals surface area contributed by atoms with Crippen molar-refractivity contribution < 1.29 is 9.53 Å². The van der Waals surface area contributed by atoms with Gasteiger partial charge in [-0.3, -0.25) is 4.79 Å². The molecule has 1 aromatic rings. The van der Waals surface area contributed by atoms with Gasteiger partial charge in [0.25, 0.3) is 5.91 Å². The van der Waals surface area contributed by atoms with Gasteiger partial charge in [0.15, 0.2) is 0 Å². The fourth-order valence-corrected chi connectivity index (χ4v) is 4.07. The molecule has 4 heterocycles. The van der Waals surface area contributed by atoms with E-state index in [1.807, 2.05) is 11.0 Å². The summed E-state index contributed by atoms with van der Waals surface area (Å²) in [6.07, 6.45) is 9.40. The normalized spacial score (nSPS) is 26.9. The summed E-state index contributed by atoms with van der Waals surface area (Å²) in [6, 6.07) is 1.84. The predicted octanol–water partition coefficient (Wildman–Crippen LogP) is 1.62. The Labute approximate surface area is 136 Å². The number of amides is 1. The van der Waals surface area contributed by atoms with Gasteiger partial charge >= 0.3 is 0 Å². The Morgan fingerprint density at radius 3 is 2.48 bits per heavy atom. The minimum absolute atomic E-state index is 0.106. The van der Waals surface area contributed by atoms with Crippen LogP contribution in [-0.4, -0.2) is 58.7 Å². The van der Waals surface area contributed by atoms with Crippen LogP contribution in [-0.2, 0) is 9.53 Å². The van der Waals surface area contributed by atoms with Gasteiger partial charge in [0.05, 0.1) is 5.60 Å². The van der Waals surface area contributed by atoms with Gasteiger partial charge < -0.3 is 14.5 Å². The van der Waals surface area contributed by atoms with Crippen molar-refractivity contribution in [3.63, 3.8) is 0 Å².